The van der Waals surface area contributed by atoms with Crippen molar-refractivity contribution in [3.63, 3.8) is 0 Å². The van der Waals surface area contributed by atoms with Crippen LogP contribution in [0.4, 0.5) is 0 Å². The Morgan fingerprint density at radius 3 is 2.80 bits per heavy atom. The number of nitrogens with one attached hydrogen (secondary N) is 1. The summed E-state index contributed by atoms with van der Waals surface area (Å²) in [4.78, 5) is 15.6. The van der Waals surface area contributed by atoms with Crippen molar-refractivity contribution in [3.05, 3.63) is 18.0 Å². The molecule has 1 saturated carbocycles. The summed E-state index contributed by atoms with van der Waals surface area (Å²) < 4.78 is 1.85. The summed E-state index contributed by atoms with van der Waals surface area (Å²) in [7, 11) is 1.95. The van der Waals surface area contributed by atoms with Crippen LogP contribution in [0.25, 0.3) is 0 Å². The van der Waals surface area contributed by atoms with Gasteiger partial charge in [0.05, 0.1) is 6.20 Å². The summed E-state index contributed by atoms with van der Waals surface area (Å²) in [6, 6.07) is 0.860. The molecule has 1 aliphatic carbocycles. The zero-order chi connectivity index (χ0) is 18.0. The van der Waals surface area contributed by atoms with Crippen molar-refractivity contribution in [2.75, 3.05) is 19.3 Å². The Hall–Kier alpha value is -1.01. The molecule has 0 radical (unpaired) electrons. The molecule has 140 valence electrons. The Morgan fingerprint density at radius 2 is 2.16 bits per heavy atom. The third-order valence-electron chi connectivity index (χ3n) is 5.95. The number of aryl methyl sites for hydroxylation is 1. The number of aromatic nitrogens is 2. The number of piperidine rings is 1. The van der Waals surface area contributed by atoms with Crippen LogP contribution in [0.2, 0.25) is 0 Å². The molecule has 1 aliphatic heterocycles. The van der Waals surface area contributed by atoms with Gasteiger partial charge in [0.15, 0.2) is 0 Å². The second-order valence-corrected chi connectivity index (χ2v) is 8.93. The van der Waals surface area contributed by atoms with Crippen LogP contribution in [-0.4, -0.2) is 57.3 Å². The van der Waals surface area contributed by atoms with E-state index in [0.29, 0.717) is 17.3 Å². The molecule has 4 unspecified atom stereocenters. The van der Waals surface area contributed by atoms with Crippen LogP contribution >= 0.6 is 11.8 Å². The van der Waals surface area contributed by atoms with E-state index in [4.69, 9.17) is 0 Å². The first-order valence-electron chi connectivity index (χ1n) is 9.55. The highest BCUT2D eigenvalue weighted by molar-refractivity contribution is 7.99. The van der Waals surface area contributed by atoms with Gasteiger partial charge in [0.2, 0.25) is 5.91 Å². The third-order valence-corrected chi connectivity index (χ3v) is 7.12. The molecule has 1 N–H and O–H groups in total. The molecule has 4 atom stereocenters. The van der Waals surface area contributed by atoms with Crippen molar-refractivity contribution in [1.82, 2.24) is 20.0 Å². The van der Waals surface area contributed by atoms with Crippen molar-refractivity contribution in [2.24, 2.45) is 13.0 Å². The van der Waals surface area contributed by atoms with Crippen molar-refractivity contribution in [1.29, 1.82) is 0 Å². The van der Waals surface area contributed by atoms with Gasteiger partial charge < -0.3 is 10.2 Å². The van der Waals surface area contributed by atoms with Crippen molar-refractivity contribution in [3.8, 4) is 0 Å². The Morgan fingerprint density at radius 1 is 1.36 bits per heavy atom. The second-order valence-electron chi connectivity index (χ2n) is 7.86. The highest BCUT2D eigenvalue weighted by Crippen LogP contribution is 2.35. The molecule has 25 heavy (non-hydrogen) atoms. The lowest BCUT2D eigenvalue weighted by Gasteiger charge is -2.40. The van der Waals surface area contributed by atoms with Gasteiger partial charge in [-0.2, -0.15) is 16.9 Å². The SMILES string of the molecule is CSC1CCCC1NC(=O)C1CCN(C(C)C)CC1c1cnn(C)c1. The van der Waals surface area contributed by atoms with Gasteiger partial charge in [-0.3, -0.25) is 9.48 Å². The summed E-state index contributed by atoms with van der Waals surface area (Å²) in [5, 5.41) is 8.32. The minimum absolute atomic E-state index is 0.0577. The largest absolute Gasteiger partial charge is 0.352 e. The van der Waals surface area contributed by atoms with Gasteiger partial charge in [-0.15, -0.1) is 0 Å². The third kappa shape index (κ3) is 4.22. The van der Waals surface area contributed by atoms with E-state index in [2.05, 4.69) is 41.6 Å². The average Bonchev–Trinajstić information content (AvgIpc) is 3.22. The maximum atomic E-state index is 13.1. The summed E-state index contributed by atoms with van der Waals surface area (Å²) in [5.74, 6) is 0.546. The first-order valence-corrected chi connectivity index (χ1v) is 10.8. The normalized spacial score (nSPS) is 30.8. The standard InChI is InChI=1S/C19H32N4OS/c1-13(2)23-9-8-15(16(12-23)14-10-20-22(3)11-14)19(24)21-17-6-5-7-18(17)25-4/h10-11,13,15-18H,5-9,12H2,1-4H3,(H,21,24). The molecule has 2 fully saturated rings. The van der Waals surface area contributed by atoms with Crippen molar-refractivity contribution in [2.45, 2.75) is 62.8 Å². The van der Waals surface area contributed by atoms with Crippen molar-refractivity contribution < 1.29 is 4.79 Å². The van der Waals surface area contributed by atoms with Crippen LogP contribution in [0.5, 0.6) is 0 Å². The molecular weight excluding hydrogens is 332 g/mol. The Bertz CT molecular complexity index is 588. The molecule has 2 heterocycles. The number of amides is 1. The molecule has 3 rings (SSSR count). The maximum absolute atomic E-state index is 13.1. The minimum Gasteiger partial charge on any atom is -0.352 e. The van der Waals surface area contributed by atoms with Gasteiger partial charge in [-0.05, 0) is 51.5 Å². The van der Waals surface area contributed by atoms with Gasteiger partial charge in [-0.25, -0.2) is 0 Å². The van der Waals surface area contributed by atoms with E-state index >= 15 is 0 Å². The zero-order valence-electron chi connectivity index (χ0n) is 15.9. The number of carbonyl (C=O) groups excluding carboxylic acids is 1. The highest BCUT2D eigenvalue weighted by Gasteiger charge is 2.38. The van der Waals surface area contributed by atoms with E-state index in [-0.39, 0.29) is 17.7 Å². The topological polar surface area (TPSA) is 50.2 Å². The predicted molar refractivity (Wildman–Crippen MR) is 104 cm³/mol. The van der Waals surface area contributed by atoms with Crippen LogP contribution in [0.15, 0.2) is 12.4 Å². The van der Waals surface area contributed by atoms with E-state index in [1.807, 2.05) is 29.7 Å². The molecule has 0 bridgehead atoms. The Balaban J connectivity index is 1.74. The molecule has 1 aromatic heterocycles. The fraction of sp³-hybridized carbons (Fsp3) is 0.789. The molecule has 1 saturated heterocycles. The summed E-state index contributed by atoms with van der Waals surface area (Å²) in [5.41, 5.74) is 1.20. The van der Waals surface area contributed by atoms with Gasteiger partial charge in [0.25, 0.3) is 0 Å². The fourth-order valence-electron chi connectivity index (χ4n) is 4.39. The van der Waals surface area contributed by atoms with Crippen LogP contribution in [0.3, 0.4) is 0 Å². The van der Waals surface area contributed by atoms with E-state index < -0.39 is 0 Å². The van der Waals surface area contributed by atoms with Crippen LogP contribution < -0.4 is 5.32 Å². The Labute approximate surface area is 155 Å². The number of carbonyl (C=O) groups is 1. The molecule has 1 amide bonds. The van der Waals surface area contributed by atoms with Crippen LogP contribution in [-0.2, 0) is 11.8 Å². The van der Waals surface area contributed by atoms with Crippen LogP contribution in [0.1, 0.15) is 51.0 Å². The summed E-state index contributed by atoms with van der Waals surface area (Å²) in [6.45, 7) is 6.42. The van der Waals surface area contributed by atoms with Gasteiger partial charge in [-0.1, -0.05) is 6.42 Å². The lowest BCUT2D eigenvalue weighted by Crippen LogP contribution is -2.50. The van der Waals surface area contributed by atoms with Gasteiger partial charge >= 0.3 is 0 Å². The van der Waals surface area contributed by atoms with E-state index in [1.54, 1.807) is 0 Å². The number of hydrogen-bond donors (Lipinski definition) is 1. The zero-order valence-corrected chi connectivity index (χ0v) is 16.8. The van der Waals surface area contributed by atoms with Crippen molar-refractivity contribution >= 4 is 17.7 Å². The van der Waals surface area contributed by atoms with Gasteiger partial charge in [0.1, 0.15) is 0 Å². The number of likely N-dealkylation sites (tertiary alicyclic amines) is 1. The smallest absolute Gasteiger partial charge is 0.224 e. The number of rotatable bonds is 5. The highest BCUT2D eigenvalue weighted by atomic mass is 32.2. The van der Waals surface area contributed by atoms with E-state index in [0.717, 1.165) is 25.9 Å². The molecule has 0 aromatic carbocycles. The first-order chi connectivity index (χ1) is 12.0. The summed E-state index contributed by atoms with van der Waals surface area (Å²) in [6.07, 6.45) is 10.7. The van der Waals surface area contributed by atoms with E-state index in [9.17, 15) is 4.79 Å². The van der Waals surface area contributed by atoms with Gasteiger partial charge in [0, 0.05) is 49.0 Å². The molecule has 5 nitrogen and oxygen atoms in total. The van der Waals surface area contributed by atoms with Crippen LogP contribution in [0, 0.1) is 5.92 Å². The maximum Gasteiger partial charge on any atom is 0.224 e. The second kappa shape index (κ2) is 8.12. The number of thioether (sulfide) groups is 1. The first kappa shape index (κ1) is 18.8. The lowest BCUT2D eigenvalue weighted by atomic mass is 9.80. The number of hydrogen-bond acceptors (Lipinski definition) is 4. The minimum atomic E-state index is 0.0577. The molecule has 0 spiro atoms. The molecule has 6 heteroatoms. The quantitative estimate of drug-likeness (QED) is 0.873. The molecule has 2 aliphatic rings. The number of nitrogens with zero attached hydrogens (tertiary/aromatic N) is 3. The Kier molecular flexibility index (Phi) is 6.10. The summed E-state index contributed by atoms with van der Waals surface area (Å²) >= 11 is 1.90. The fourth-order valence-corrected chi connectivity index (χ4v) is 5.33. The monoisotopic (exact) mass is 364 g/mol. The van der Waals surface area contributed by atoms with E-state index in [1.165, 1.54) is 18.4 Å². The average molecular weight is 365 g/mol. The predicted octanol–water partition coefficient (Wildman–Crippen LogP) is 2.63. The molecular formula is C19H32N4OS. The lowest BCUT2D eigenvalue weighted by molar-refractivity contribution is -0.128. The molecule has 1 aromatic rings.